The highest BCUT2D eigenvalue weighted by Gasteiger charge is 2.33. The van der Waals surface area contributed by atoms with E-state index in [1.807, 2.05) is 54.3 Å². The lowest BCUT2D eigenvalue weighted by molar-refractivity contribution is -0.137. The number of carbonyl (C=O) groups excluding carboxylic acids is 1. The zero-order valence-electron chi connectivity index (χ0n) is 22.0. The minimum absolute atomic E-state index is 0.0708. The number of hydrogen-bond acceptors (Lipinski definition) is 7. The summed E-state index contributed by atoms with van der Waals surface area (Å²) in [5, 5.41) is 6.07. The van der Waals surface area contributed by atoms with Gasteiger partial charge in [-0.1, -0.05) is 23.7 Å². The fourth-order valence-electron chi connectivity index (χ4n) is 4.38. The molecule has 0 spiro atoms. The first-order valence-corrected chi connectivity index (χ1v) is 14.1. The normalized spacial score (nSPS) is 16.2. The van der Waals surface area contributed by atoms with Gasteiger partial charge in [0.15, 0.2) is 0 Å². The summed E-state index contributed by atoms with van der Waals surface area (Å²) in [4.78, 5) is 19.8. The second kappa shape index (κ2) is 13.7. The number of carbonyl (C=O) groups is 1. The maximum Gasteiger partial charge on any atom is 0.416 e. The lowest BCUT2D eigenvalue weighted by Crippen LogP contribution is -2.50. The zero-order valence-corrected chi connectivity index (χ0v) is 23.6. The van der Waals surface area contributed by atoms with Crippen molar-refractivity contribution in [1.29, 1.82) is 0 Å². The number of halogens is 4. The van der Waals surface area contributed by atoms with E-state index in [4.69, 9.17) is 17.3 Å². The van der Waals surface area contributed by atoms with Crippen LogP contribution in [0.15, 0.2) is 65.6 Å². The predicted molar refractivity (Wildman–Crippen MR) is 155 cm³/mol. The lowest BCUT2D eigenvalue weighted by Gasteiger charge is -2.40. The fourth-order valence-corrected chi connectivity index (χ4v) is 5.60. The third-order valence-corrected chi connectivity index (χ3v) is 7.68. The average molecular weight is 593 g/mol. The van der Waals surface area contributed by atoms with E-state index in [0.29, 0.717) is 44.0 Å². The van der Waals surface area contributed by atoms with E-state index in [0.717, 1.165) is 35.6 Å². The van der Waals surface area contributed by atoms with Crippen molar-refractivity contribution in [1.82, 2.24) is 14.6 Å². The summed E-state index contributed by atoms with van der Waals surface area (Å²) in [5.74, 6) is 0.0444. The molecular formula is C28H32ClF3N6OS. The Morgan fingerprint density at radius 1 is 1.15 bits per heavy atom. The molecule has 1 saturated heterocycles. The van der Waals surface area contributed by atoms with E-state index in [1.165, 1.54) is 0 Å². The number of hydrogen-bond donors (Lipinski definition) is 3. The number of amides is 1. The molecule has 4 rings (SSSR count). The van der Waals surface area contributed by atoms with Gasteiger partial charge in [0.05, 0.1) is 5.56 Å². The monoisotopic (exact) mass is 592 g/mol. The van der Waals surface area contributed by atoms with E-state index in [2.05, 4.69) is 19.9 Å². The quantitative estimate of drug-likeness (QED) is 0.159. The van der Waals surface area contributed by atoms with Gasteiger partial charge in [0.25, 0.3) is 5.91 Å². The van der Waals surface area contributed by atoms with Crippen LogP contribution in [0.3, 0.4) is 0 Å². The van der Waals surface area contributed by atoms with Gasteiger partial charge in [-0.3, -0.25) is 4.79 Å². The van der Waals surface area contributed by atoms with Gasteiger partial charge in [-0.15, -0.1) is 0 Å². The topological polar surface area (TPSA) is 86.5 Å². The molecular weight excluding hydrogens is 561 g/mol. The molecule has 0 radical (unpaired) electrons. The van der Waals surface area contributed by atoms with Gasteiger partial charge in [0.1, 0.15) is 11.0 Å². The number of rotatable bonds is 10. The minimum atomic E-state index is -4.49. The maximum atomic E-state index is 13.2. The van der Waals surface area contributed by atoms with Crippen molar-refractivity contribution in [2.24, 2.45) is 5.73 Å². The van der Waals surface area contributed by atoms with Gasteiger partial charge in [-0.25, -0.2) is 9.29 Å². The van der Waals surface area contributed by atoms with Crippen molar-refractivity contribution in [3.63, 3.8) is 0 Å². The van der Waals surface area contributed by atoms with Crippen molar-refractivity contribution < 1.29 is 18.0 Å². The summed E-state index contributed by atoms with van der Waals surface area (Å²) < 4.78 is 41.9. The fraction of sp³-hybridized carbons (Fsp3) is 0.357. The molecule has 7 nitrogen and oxygen atoms in total. The van der Waals surface area contributed by atoms with Crippen LogP contribution in [0, 0.1) is 0 Å². The van der Waals surface area contributed by atoms with Gasteiger partial charge in [-0.2, -0.15) is 13.2 Å². The van der Waals surface area contributed by atoms with E-state index in [9.17, 15) is 18.0 Å². The Labute approximate surface area is 241 Å². The second-order valence-corrected chi connectivity index (χ2v) is 11.1. The number of aromatic nitrogens is 1. The van der Waals surface area contributed by atoms with Crippen LogP contribution in [-0.2, 0) is 12.7 Å². The van der Waals surface area contributed by atoms with E-state index >= 15 is 0 Å². The molecule has 1 aliphatic rings. The van der Waals surface area contributed by atoms with Gasteiger partial charge in [0, 0.05) is 48.4 Å². The first-order chi connectivity index (χ1) is 19.1. The Morgan fingerprint density at radius 2 is 1.93 bits per heavy atom. The second-order valence-electron chi connectivity index (χ2n) is 9.55. The maximum absolute atomic E-state index is 13.2. The molecule has 40 heavy (non-hydrogen) atoms. The number of anilines is 2. The van der Waals surface area contributed by atoms with Crippen molar-refractivity contribution >= 4 is 41.0 Å². The third kappa shape index (κ3) is 8.34. The molecule has 4 N–H and O–H groups in total. The summed E-state index contributed by atoms with van der Waals surface area (Å²) in [5.41, 5.74) is 7.01. The smallest absolute Gasteiger partial charge is 0.351 e. The highest BCUT2D eigenvalue weighted by molar-refractivity contribution is 7.97. The van der Waals surface area contributed by atoms with Gasteiger partial charge >= 0.3 is 6.18 Å². The summed E-state index contributed by atoms with van der Waals surface area (Å²) in [6, 6.07) is 16.9. The standard InChI is InChI=1S/C28H32ClF3N6OS/c1-19-18-37(12-13-38(19)26-16-22(28(30,31)32)15-25(29)36-26)40-24-8-6-23(7-9-24)35-27(39)21-5-2-4-20(14-21)17-34-11-3-10-33/h2,4-9,14-16,19,34H,3,10-13,17-18,33H2,1H3,(H,35,39). The van der Waals surface area contributed by atoms with Crippen LogP contribution in [0.4, 0.5) is 24.7 Å². The van der Waals surface area contributed by atoms with Gasteiger partial charge in [0.2, 0.25) is 0 Å². The molecule has 1 amide bonds. The van der Waals surface area contributed by atoms with Crippen molar-refractivity contribution in [2.75, 3.05) is 42.9 Å². The molecule has 1 aliphatic heterocycles. The van der Waals surface area contributed by atoms with Gasteiger partial charge in [-0.05, 0) is 92.5 Å². The van der Waals surface area contributed by atoms with Crippen LogP contribution >= 0.6 is 23.5 Å². The van der Waals surface area contributed by atoms with Crippen LogP contribution in [-0.4, -0.2) is 54.0 Å². The van der Waals surface area contributed by atoms with Crippen molar-refractivity contribution in [3.05, 3.63) is 82.5 Å². The van der Waals surface area contributed by atoms with Crippen LogP contribution in [0.25, 0.3) is 0 Å². The Kier molecular flexibility index (Phi) is 10.3. The molecule has 1 aromatic heterocycles. The number of alkyl halides is 3. The molecule has 12 heteroatoms. The highest BCUT2D eigenvalue weighted by Crippen LogP contribution is 2.34. The minimum Gasteiger partial charge on any atom is -0.351 e. The Bertz CT molecular complexity index is 1290. The number of piperazine rings is 1. The SMILES string of the molecule is CC1CN(Sc2ccc(NC(=O)c3cccc(CNCCCN)c3)cc2)CCN1c1cc(C(F)(F)F)cc(Cl)n1. The number of pyridine rings is 1. The lowest BCUT2D eigenvalue weighted by atomic mass is 10.1. The first kappa shape index (κ1) is 30.1. The number of nitrogens with zero attached hydrogens (tertiary/aromatic N) is 3. The van der Waals surface area contributed by atoms with Crippen LogP contribution in [0.1, 0.15) is 34.8 Å². The molecule has 1 unspecified atom stereocenters. The molecule has 1 fully saturated rings. The molecule has 214 valence electrons. The van der Waals surface area contributed by atoms with Crippen LogP contribution < -0.4 is 21.3 Å². The van der Waals surface area contributed by atoms with Crippen LogP contribution in [0.2, 0.25) is 5.15 Å². The summed E-state index contributed by atoms with van der Waals surface area (Å²) in [6.07, 6.45) is -3.59. The van der Waals surface area contributed by atoms with Crippen LogP contribution in [0.5, 0.6) is 0 Å². The van der Waals surface area contributed by atoms with Gasteiger partial charge < -0.3 is 21.3 Å². The Balaban J connectivity index is 1.30. The molecule has 3 aromatic rings. The summed E-state index contributed by atoms with van der Waals surface area (Å²) in [7, 11) is 0. The highest BCUT2D eigenvalue weighted by atomic mass is 35.5. The number of nitrogens with two attached hydrogens (primary N) is 1. The number of benzene rings is 2. The van der Waals surface area contributed by atoms with Crippen molar-refractivity contribution in [3.8, 4) is 0 Å². The average Bonchev–Trinajstić information content (AvgIpc) is 2.91. The van der Waals surface area contributed by atoms with E-state index in [-0.39, 0.29) is 22.9 Å². The third-order valence-electron chi connectivity index (χ3n) is 6.42. The van der Waals surface area contributed by atoms with Crippen molar-refractivity contribution in [2.45, 2.75) is 37.0 Å². The molecule has 0 aliphatic carbocycles. The zero-order chi connectivity index (χ0) is 28.7. The molecule has 2 aromatic carbocycles. The summed E-state index contributed by atoms with van der Waals surface area (Å²) in [6.45, 7) is 5.84. The largest absolute Gasteiger partial charge is 0.416 e. The molecule has 0 bridgehead atoms. The Morgan fingerprint density at radius 3 is 2.62 bits per heavy atom. The van der Waals surface area contributed by atoms with E-state index in [1.54, 1.807) is 18.0 Å². The summed E-state index contributed by atoms with van der Waals surface area (Å²) >= 11 is 7.45. The molecule has 2 heterocycles. The predicted octanol–water partition coefficient (Wildman–Crippen LogP) is 5.66. The first-order valence-electron chi connectivity index (χ1n) is 13.0. The van der Waals surface area contributed by atoms with E-state index < -0.39 is 11.7 Å². The number of nitrogens with one attached hydrogen (secondary N) is 2. The Hall–Kier alpha value is -2.83. The molecule has 0 saturated carbocycles. The molecule has 1 atom stereocenters.